The molecule has 0 bridgehead atoms. The Kier molecular flexibility index (Phi) is 6.16. The number of hydrogen-bond acceptors (Lipinski definition) is 6. The standard InChI is InChI=1S/C50H29BN2O4/c1-3-16-30(17-4-1)47-43(32-20-7-11-26-38(32)54-47)52-36-24-15-25-37-42(36)51(49-45(52)34-22-9-13-28-40(34)56-49)50-46(35-23-10-14-29-41(35)57-50)53(37)44-33-21-8-12-27-39(33)55-48(44)31-18-5-2-6-19-31/h1-29H. The Labute approximate surface area is 326 Å². The van der Waals surface area contributed by atoms with Crippen LogP contribution in [-0.4, -0.2) is 6.71 Å². The molecule has 57 heavy (non-hydrogen) atoms. The van der Waals surface area contributed by atoms with Crippen LogP contribution in [0, 0.1) is 0 Å². The molecule has 0 radical (unpaired) electrons. The molecule has 0 unspecified atom stereocenters. The molecule has 2 aliphatic rings. The van der Waals surface area contributed by atoms with Crippen LogP contribution in [0.4, 0.5) is 34.1 Å². The molecule has 266 valence electrons. The Morgan fingerprint density at radius 2 is 0.667 bits per heavy atom. The lowest BCUT2D eigenvalue weighted by molar-refractivity contribution is 0.631. The summed E-state index contributed by atoms with van der Waals surface area (Å²) in [6, 6.07) is 60.6. The SMILES string of the molecule is c1ccc(-c2oc3ccccc3c2N2c3cccc4c3B(c3oc5ccccc5c32)c2oc3ccccc3c2N4c2c(-c3ccccc3)oc3ccccc23)cc1. The van der Waals surface area contributed by atoms with Gasteiger partial charge >= 0.3 is 6.71 Å². The zero-order chi connectivity index (χ0) is 37.2. The summed E-state index contributed by atoms with van der Waals surface area (Å²) in [4.78, 5) is 4.75. The van der Waals surface area contributed by atoms with E-state index in [1.807, 2.05) is 48.5 Å². The van der Waals surface area contributed by atoms with Gasteiger partial charge < -0.3 is 27.5 Å². The summed E-state index contributed by atoms with van der Waals surface area (Å²) in [6.45, 7) is -0.356. The van der Waals surface area contributed by atoms with Crippen LogP contribution in [0.15, 0.2) is 194 Å². The Hall–Kier alpha value is -7.64. The highest BCUT2D eigenvalue weighted by Gasteiger charge is 2.51. The molecule has 0 spiro atoms. The van der Waals surface area contributed by atoms with E-state index in [0.717, 1.165) is 117 Å². The van der Waals surface area contributed by atoms with Gasteiger partial charge in [0.25, 0.3) is 0 Å². The molecule has 7 aromatic carbocycles. The van der Waals surface area contributed by atoms with Crippen molar-refractivity contribution in [2.75, 3.05) is 9.80 Å². The van der Waals surface area contributed by atoms with Crippen LogP contribution in [0.25, 0.3) is 66.5 Å². The van der Waals surface area contributed by atoms with E-state index in [1.54, 1.807) is 0 Å². The minimum atomic E-state index is -0.356. The van der Waals surface area contributed by atoms with E-state index >= 15 is 0 Å². The third kappa shape index (κ3) is 4.15. The average Bonchev–Trinajstić information content (AvgIpc) is 4.05. The molecule has 11 aromatic rings. The maximum absolute atomic E-state index is 7.10. The number of hydrogen-bond donors (Lipinski definition) is 0. The fourth-order valence-corrected chi connectivity index (χ4v) is 9.35. The summed E-state index contributed by atoms with van der Waals surface area (Å²) in [7, 11) is 0. The first-order valence-electron chi connectivity index (χ1n) is 19.2. The Morgan fingerprint density at radius 3 is 1.09 bits per heavy atom. The lowest BCUT2D eigenvalue weighted by atomic mass is 9.37. The van der Waals surface area contributed by atoms with E-state index in [4.69, 9.17) is 17.7 Å². The van der Waals surface area contributed by atoms with E-state index in [0.29, 0.717) is 0 Å². The van der Waals surface area contributed by atoms with Crippen LogP contribution in [-0.2, 0) is 0 Å². The Bertz CT molecular complexity index is 3170. The molecule has 0 amide bonds. The average molecular weight is 733 g/mol. The van der Waals surface area contributed by atoms with Crippen molar-refractivity contribution < 1.29 is 17.7 Å². The minimum absolute atomic E-state index is 0.356. The van der Waals surface area contributed by atoms with Gasteiger partial charge in [-0.2, -0.15) is 0 Å². The molecule has 7 heteroatoms. The second-order valence-corrected chi connectivity index (χ2v) is 14.7. The van der Waals surface area contributed by atoms with Crippen LogP contribution in [0.1, 0.15) is 0 Å². The van der Waals surface area contributed by atoms with Gasteiger partial charge in [-0.05, 0) is 66.1 Å². The van der Waals surface area contributed by atoms with Crippen LogP contribution >= 0.6 is 0 Å². The van der Waals surface area contributed by atoms with Gasteiger partial charge in [0.05, 0.1) is 11.4 Å². The van der Waals surface area contributed by atoms with Crippen LogP contribution in [0.5, 0.6) is 0 Å². The van der Waals surface area contributed by atoms with E-state index in [-0.39, 0.29) is 6.71 Å². The number of anilines is 6. The molecule has 0 fully saturated rings. The van der Waals surface area contributed by atoms with Crippen molar-refractivity contribution in [1.82, 2.24) is 0 Å². The van der Waals surface area contributed by atoms with Crippen molar-refractivity contribution in [2.24, 2.45) is 0 Å². The number of nitrogens with zero attached hydrogens (tertiary/aromatic N) is 2. The highest BCUT2D eigenvalue weighted by molar-refractivity contribution is 6.99. The molecular formula is C50H29BN2O4. The van der Waals surface area contributed by atoms with Crippen LogP contribution < -0.4 is 26.6 Å². The van der Waals surface area contributed by atoms with Crippen molar-refractivity contribution in [3.63, 3.8) is 0 Å². The van der Waals surface area contributed by atoms with Gasteiger partial charge in [-0.1, -0.05) is 115 Å². The largest absolute Gasteiger partial charge is 0.468 e. The zero-order valence-electron chi connectivity index (χ0n) is 30.3. The summed E-state index contributed by atoms with van der Waals surface area (Å²) in [5.41, 5.74) is 13.8. The van der Waals surface area contributed by atoms with Gasteiger partial charge in [0.2, 0.25) is 0 Å². The number of rotatable bonds is 4. The number of furan rings is 4. The molecule has 0 N–H and O–H groups in total. The number of benzene rings is 7. The zero-order valence-corrected chi connectivity index (χ0v) is 30.3. The highest BCUT2D eigenvalue weighted by Crippen LogP contribution is 2.54. The Morgan fingerprint density at radius 1 is 0.316 bits per heavy atom. The van der Waals surface area contributed by atoms with Crippen molar-refractivity contribution >= 4 is 101 Å². The first kappa shape index (κ1) is 30.7. The molecular weight excluding hydrogens is 703 g/mol. The van der Waals surface area contributed by atoms with E-state index in [2.05, 4.69) is 137 Å². The first-order chi connectivity index (χ1) is 28.3. The van der Waals surface area contributed by atoms with Gasteiger partial charge in [-0.3, -0.25) is 0 Å². The molecule has 13 rings (SSSR count). The Balaban J connectivity index is 1.19. The normalized spacial score (nSPS) is 13.2. The maximum Gasteiger partial charge on any atom is 0.342 e. The van der Waals surface area contributed by atoms with Gasteiger partial charge in [0.1, 0.15) is 45.0 Å². The topological polar surface area (TPSA) is 59.0 Å². The monoisotopic (exact) mass is 732 g/mol. The summed E-state index contributed by atoms with van der Waals surface area (Å²) >= 11 is 0. The van der Waals surface area contributed by atoms with Crippen LogP contribution in [0.2, 0.25) is 0 Å². The minimum Gasteiger partial charge on any atom is -0.468 e. The van der Waals surface area contributed by atoms with Crippen molar-refractivity contribution in [3.8, 4) is 22.6 Å². The van der Waals surface area contributed by atoms with E-state index < -0.39 is 0 Å². The van der Waals surface area contributed by atoms with E-state index in [9.17, 15) is 0 Å². The van der Waals surface area contributed by atoms with Gasteiger partial charge in [-0.25, -0.2) is 0 Å². The summed E-state index contributed by atoms with van der Waals surface area (Å²) < 4.78 is 27.9. The van der Waals surface area contributed by atoms with Crippen molar-refractivity contribution in [3.05, 3.63) is 176 Å². The third-order valence-corrected chi connectivity index (χ3v) is 11.7. The lowest BCUT2D eigenvalue weighted by Gasteiger charge is -2.40. The fourth-order valence-electron chi connectivity index (χ4n) is 9.35. The summed E-state index contributed by atoms with van der Waals surface area (Å²) in [5, 5.41) is 4.04. The molecule has 0 saturated heterocycles. The van der Waals surface area contributed by atoms with Crippen molar-refractivity contribution in [1.29, 1.82) is 0 Å². The van der Waals surface area contributed by atoms with Gasteiger partial charge in [0.15, 0.2) is 11.5 Å². The van der Waals surface area contributed by atoms with Gasteiger partial charge in [0, 0.05) is 44.0 Å². The first-order valence-corrected chi connectivity index (χ1v) is 19.2. The number of fused-ring (bicyclic) bond motifs is 10. The smallest absolute Gasteiger partial charge is 0.342 e. The number of para-hydroxylation sites is 4. The predicted octanol–water partition coefficient (Wildman–Crippen LogP) is 12.1. The quantitative estimate of drug-likeness (QED) is 0.168. The molecule has 0 atom stereocenters. The molecule has 6 heterocycles. The van der Waals surface area contributed by atoms with E-state index in [1.165, 1.54) is 0 Å². The fraction of sp³-hybridized carbons (Fsp3) is 0. The molecule has 0 saturated carbocycles. The third-order valence-electron chi connectivity index (χ3n) is 11.7. The molecule has 6 nitrogen and oxygen atoms in total. The van der Waals surface area contributed by atoms with Crippen molar-refractivity contribution in [2.45, 2.75) is 0 Å². The van der Waals surface area contributed by atoms with Crippen LogP contribution in [0.3, 0.4) is 0 Å². The highest BCUT2D eigenvalue weighted by atomic mass is 16.4. The second kappa shape index (κ2) is 11.4. The summed E-state index contributed by atoms with van der Waals surface area (Å²) in [6.07, 6.45) is 0. The van der Waals surface area contributed by atoms with Gasteiger partial charge in [-0.15, -0.1) is 0 Å². The second-order valence-electron chi connectivity index (χ2n) is 14.7. The molecule has 0 aliphatic carbocycles. The summed E-state index contributed by atoms with van der Waals surface area (Å²) in [5.74, 6) is 1.57. The molecule has 2 aliphatic heterocycles. The lowest BCUT2D eigenvalue weighted by Crippen LogP contribution is -2.60. The predicted molar refractivity (Wildman–Crippen MR) is 230 cm³/mol. The maximum atomic E-state index is 7.10. The molecule has 4 aromatic heterocycles.